The molecule has 0 spiro atoms. The van der Waals surface area contributed by atoms with Crippen LogP contribution in [-0.4, -0.2) is 34.6 Å². The molecule has 0 radical (unpaired) electrons. The summed E-state index contributed by atoms with van der Waals surface area (Å²) in [7, 11) is 0. The molecule has 2 amide bonds. The largest absolute Gasteiger partial charge is 0.395 e. The number of thiol groups is 1. The molecule has 0 bridgehead atoms. The van der Waals surface area contributed by atoms with E-state index < -0.39 is 0 Å². The molecule has 0 saturated heterocycles. The first kappa shape index (κ1) is 13.6. The Labute approximate surface area is 103 Å². The van der Waals surface area contributed by atoms with Gasteiger partial charge in [0.05, 0.1) is 6.61 Å². The summed E-state index contributed by atoms with van der Waals surface area (Å²) in [5.41, 5.74) is 0. The quantitative estimate of drug-likeness (QED) is 0.663. The molecule has 1 aliphatic rings. The average Bonchev–Trinajstić information content (AvgIpc) is 2.34. The van der Waals surface area contributed by atoms with Gasteiger partial charge >= 0.3 is 6.03 Å². The maximum Gasteiger partial charge on any atom is 0.327 e. The molecule has 0 heterocycles. The van der Waals surface area contributed by atoms with E-state index in [4.69, 9.17) is 5.11 Å². The van der Waals surface area contributed by atoms with Crippen LogP contribution in [0.25, 0.3) is 0 Å². The lowest BCUT2D eigenvalue weighted by molar-refractivity contribution is 0.173. The third-order valence-electron chi connectivity index (χ3n) is 3.30. The molecular weight excluding hydrogens is 224 g/mol. The zero-order chi connectivity index (χ0) is 12.0. The molecule has 0 aliphatic heterocycles. The number of aliphatic hydroxyl groups excluding tert-OH is 1. The van der Waals surface area contributed by atoms with Gasteiger partial charge in [0.1, 0.15) is 0 Å². The third-order valence-corrected chi connectivity index (χ3v) is 3.78. The first-order valence-corrected chi connectivity index (χ1v) is 6.47. The smallest absolute Gasteiger partial charge is 0.327 e. The summed E-state index contributed by atoms with van der Waals surface area (Å²) in [5.74, 6) is 0.561. The van der Waals surface area contributed by atoms with Crippen molar-refractivity contribution in [3.8, 4) is 0 Å². The summed E-state index contributed by atoms with van der Waals surface area (Å²) in [6.45, 7) is 2.42. The summed E-state index contributed by atoms with van der Waals surface area (Å²) >= 11 is 4.29. The van der Waals surface area contributed by atoms with Gasteiger partial charge in [-0.1, -0.05) is 39.0 Å². The SMILES string of the molecule is CCC1CCCCC1N(S)C(=O)NCCO. The van der Waals surface area contributed by atoms with Crippen LogP contribution in [-0.2, 0) is 0 Å². The van der Waals surface area contributed by atoms with Crippen molar-refractivity contribution in [1.29, 1.82) is 0 Å². The standard InChI is InChI=1S/C11H22N2O2S/c1-2-9-5-3-4-6-10(9)13(16)11(15)12-7-8-14/h9-10,14,16H,2-8H2,1H3,(H,12,15). The normalized spacial score (nSPS) is 25.2. The fraction of sp³-hybridized carbons (Fsp3) is 0.909. The van der Waals surface area contributed by atoms with Crippen LogP contribution in [0.15, 0.2) is 0 Å². The first-order chi connectivity index (χ1) is 7.70. The molecule has 16 heavy (non-hydrogen) atoms. The number of hydrogen-bond donors (Lipinski definition) is 3. The van der Waals surface area contributed by atoms with Crippen molar-refractivity contribution in [2.24, 2.45) is 5.92 Å². The Kier molecular flexibility index (Phi) is 5.98. The number of hydrogen-bond acceptors (Lipinski definition) is 3. The van der Waals surface area contributed by atoms with E-state index in [9.17, 15) is 4.79 Å². The molecule has 1 saturated carbocycles. The predicted octanol–water partition coefficient (Wildman–Crippen LogP) is 1.80. The summed E-state index contributed by atoms with van der Waals surface area (Å²) < 4.78 is 1.52. The maximum absolute atomic E-state index is 11.7. The molecule has 4 nitrogen and oxygen atoms in total. The number of amides is 2. The Morgan fingerprint density at radius 1 is 1.50 bits per heavy atom. The summed E-state index contributed by atoms with van der Waals surface area (Å²) in [6, 6.07) is 0.0449. The number of nitrogens with zero attached hydrogens (tertiary/aromatic N) is 1. The van der Waals surface area contributed by atoms with Gasteiger partial charge in [0.2, 0.25) is 0 Å². The highest BCUT2D eigenvalue weighted by atomic mass is 32.1. The molecule has 2 N–H and O–H groups in total. The molecule has 0 aromatic rings. The maximum atomic E-state index is 11.7. The fourth-order valence-corrected chi connectivity index (χ4v) is 2.76. The zero-order valence-corrected chi connectivity index (χ0v) is 10.7. The van der Waals surface area contributed by atoms with E-state index in [2.05, 4.69) is 25.1 Å². The van der Waals surface area contributed by atoms with Crippen LogP contribution in [0, 0.1) is 5.92 Å². The lowest BCUT2D eigenvalue weighted by atomic mass is 9.83. The molecule has 1 aliphatic carbocycles. The van der Waals surface area contributed by atoms with Gasteiger partial charge < -0.3 is 10.4 Å². The van der Waals surface area contributed by atoms with E-state index in [1.165, 1.54) is 23.6 Å². The van der Waals surface area contributed by atoms with E-state index >= 15 is 0 Å². The van der Waals surface area contributed by atoms with E-state index in [-0.39, 0.29) is 18.7 Å². The number of aliphatic hydroxyl groups is 1. The Morgan fingerprint density at radius 3 is 2.81 bits per heavy atom. The highest BCUT2D eigenvalue weighted by Crippen LogP contribution is 2.31. The minimum Gasteiger partial charge on any atom is -0.395 e. The minimum absolute atomic E-state index is 0.0325. The zero-order valence-electron chi connectivity index (χ0n) is 9.85. The number of carbonyl (C=O) groups is 1. The molecule has 0 aromatic carbocycles. The molecule has 94 valence electrons. The topological polar surface area (TPSA) is 52.6 Å². The van der Waals surface area contributed by atoms with Gasteiger partial charge in [-0.3, -0.25) is 4.31 Å². The molecule has 1 rings (SSSR count). The average molecular weight is 246 g/mol. The van der Waals surface area contributed by atoms with Crippen molar-refractivity contribution in [2.75, 3.05) is 13.2 Å². The van der Waals surface area contributed by atoms with Crippen LogP contribution < -0.4 is 5.32 Å². The van der Waals surface area contributed by atoms with Crippen LogP contribution >= 0.6 is 12.8 Å². The van der Waals surface area contributed by atoms with Crippen LogP contribution in [0.2, 0.25) is 0 Å². The van der Waals surface area contributed by atoms with Gasteiger partial charge in [-0.25, -0.2) is 4.79 Å². The van der Waals surface area contributed by atoms with E-state index in [1.54, 1.807) is 0 Å². The van der Waals surface area contributed by atoms with Crippen LogP contribution in [0.4, 0.5) is 4.79 Å². The van der Waals surface area contributed by atoms with Crippen molar-refractivity contribution in [3.05, 3.63) is 0 Å². The summed E-state index contributed by atoms with van der Waals surface area (Å²) in [6.07, 6.45) is 5.75. The molecule has 2 atom stereocenters. The lowest BCUT2D eigenvalue weighted by Crippen LogP contribution is -2.45. The van der Waals surface area contributed by atoms with Gasteiger partial charge in [0.15, 0.2) is 0 Å². The van der Waals surface area contributed by atoms with E-state index in [0.717, 1.165) is 12.8 Å². The van der Waals surface area contributed by atoms with Crippen LogP contribution in [0.3, 0.4) is 0 Å². The van der Waals surface area contributed by atoms with Crippen molar-refractivity contribution in [1.82, 2.24) is 9.62 Å². The second-order valence-corrected chi connectivity index (χ2v) is 4.75. The van der Waals surface area contributed by atoms with Crippen molar-refractivity contribution in [3.63, 3.8) is 0 Å². The minimum atomic E-state index is -0.192. The molecule has 0 aromatic heterocycles. The second kappa shape index (κ2) is 7.01. The molecule has 1 fully saturated rings. The predicted molar refractivity (Wildman–Crippen MR) is 67.3 cm³/mol. The number of carbonyl (C=O) groups excluding carboxylic acids is 1. The summed E-state index contributed by atoms with van der Waals surface area (Å²) in [4.78, 5) is 11.7. The van der Waals surface area contributed by atoms with E-state index in [0.29, 0.717) is 12.5 Å². The van der Waals surface area contributed by atoms with Gasteiger partial charge in [0, 0.05) is 12.6 Å². The Hall–Kier alpha value is -0.420. The number of urea groups is 1. The highest BCUT2D eigenvalue weighted by molar-refractivity contribution is 7.78. The Balaban J connectivity index is 2.49. The van der Waals surface area contributed by atoms with Crippen molar-refractivity contribution >= 4 is 18.8 Å². The molecular formula is C11H22N2O2S. The molecule has 2 unspecified atom stereocenters. The van der Waals surface area contributed by atoms with Gasteiger partial charge in [-0.05, 0) is 18.8 Å². The number of nitrogens with one attached hydrogen (secondary N) is 1. The van der Waals surface area contributed by atoms with Gasteiger partial charge in [-0.2, -0.15) is 0 Å². The lowest BCUT2D eigenvalue weighted by Gasteiger charge is -2.36. The highest BCUT2D eigenvalue weighted by Gasteiger charge is 2.30. The monoisotopic (exact) mass is 246 g/mol. The Bertz CT molecular complexity index is 226. The van der Waals surface area contributed by atoms with Crippen LogP contribution in [0.1, 0.15) is 39.0 Å². The van der Waals surface area contributed by atoms with Gasteiger partial charge in [0.25, 0.3) is 0 Å². The summed E-state index contributed by atoms with van der Waals surface area (Å²) in [5, 5.41) is 11.3. The third kappa shape index (κ3) is 3.56. The van der Waals surface area contributed by atoms with Gasteiger partial charge in [-0.15, -0.1) is 0 Å². The Morgan fingerprint density at radius 2 is 2.19 bits per heavy atom. The fourth-order valence-electron chi connectivity index (χ4n) is 2.38. The van der Waals surface area contributed by atoms with Crippen LogP contribution in [0.5, 0.6) is 0 Å². The second-order valence-electron chi connectivity index (χ2n) is 4.32. The molecule has 5 heteroatoms. The number of rotatable bonds is 4. The van der Waals surface area contributed by atoms with Crippen molar-refractivity contribution in [2.45, 2.75) is 45.1 Å². The first-order valence-electron chi connectivity index (χ1n) is 6.07. The van der Waals surface area contributed by atoms with E-state index in [1.807, 2.05) is 0 Å². The van der Waals surface area contributed by atoms with Crippen molar-refractivity contribution < 1.29 is 9.90 Å².